The summed E-state index contributed by atoms with van der Waals surface area (Å²) in [5.41, 5.74) is 0.132. The zero-order valence-electron chi connectivity index (χ0n) is 14.2. The number of halogens is 2. The summed E-state index contributed by atoms with van der Waals surface area (Å²) in [6.07, 6.45) is 0. The van der Waals surface area contributed by atoms with Gasteiger partial charge in [-0.3, -0.25) is 4.79 Å². The number of aromatic nitrogens is 3. The topological polar surface area (TPSA) is 51.0 Å². The van der Waals surface area contributed by atoms with Gasteiger partial charge in [0, 0.05) is 25.1 Å². The Morgan fingerprint density at radius 2 is 1.92 bits per heavy atom. The van der Waals surface area contributed by atoms with Crippen molar-refractivity contribution in [1.29, 1.82) is 0 Å². The SMILES string of the molecule is Cc1cc(C(=O)N2CCn3c(C(C)C)nnc3C2C)c(F)cc1F. The Kier molecular flexibility index (Phi) is 4.11. The van der Waals surface area contributed by atoms with Crippen LogP contribution in [-0.2, 0) is 6.54 Å². The van der Waals surface area contributed by atoms with Gasteiger partial charge >= 0.3 is 0 Å². The Labute approximate surface area is 139 Å². The average molecular weight is 334 g/mol. The predicted molar refractivity (Wildman–Crippen MR) is 84.7 cm³/mol. The Morgan fingerprint density at radius 1 is 1.21 bits per heavy atom. The summed E-state index contributed by atoms with van der Waals surface area (Å²) in [6.45, 7) is 8.42. The van der Waals surface area contributed by atoms with Crippen LogP contribution in [0.2, 0.25) is 0 Å². The number of amides is 1. The first-order valence-electron chi connectivity index (χ1n) is 8.00. The van der Waals surface area contributed by atoms with Crippen molar-refractivity contribution < 1.29 is 13.6 Å². The molecule has 128 valence electrons. The third-order valence-electron chi connectivity index (χ3n) is 4.47. The van der Waals surface area contributed by atoms with Crippen LogP contribution < -0.4 is 0 Å². The maximum absolute atomic E-state index is 14.0. The molecular weight excluding hydrogens is 314 g/mol. The lowest BCUT2D eigenvalue weighted by molar-refractivity contribution is 0.0631. The van der Waals surface area contributed by atoms with Gasteiger partial charge in [0.1, 0.15) is 17.5 Å². The summed E-state index contributed by atoms with van der Waals surface area (Å²) in [7, 11) is 0. The lowest BCUT2D eigenvalue weighted by atomic mass is 10.1. The van der Waals surface area contributed by atoms with Gasteiger partial charge in [0.15, 0.2) is 5.82 Å². The van der Waals surface area contributed by atoms with Gasteiger partial charge < -0.3 is 9.47 Å². The minimum atomic E-state index is -0.842. The van der Waals surface area contributed by atoms with Crippen LogP contribution in [0.1, 0.15) is 60.3 Å². The first kappa shape index (κ1) is 16.5. The molecule has 5 nitrogen and oxygen atoms in total. The molecule has 7 heteroatoms. The molecule has 0 saturated heterocycles. The summed E-state index contributed by atoms with van der Waals surface area (Å²) in [5.74, 6) is -0.145. The maximum Gasteiger partial charge on any atom is 0.257 e. The molecule has 0 aliphatic carbocycles. The first-order valence-corrected chi connectivity index (χ1v) is 8.00. The van der Waals surface area contributed by atoms with Gasteiger partial charge in [-0.05, 0) is 25.5 Å². The number of nitrogens with zero attached hydrogens (tertiary/aromatic N) is 4. The molecule has 1 aromatic heterocycles. The van der Waals surface area contributed by atoms with Gasteiger partial charge in [0.25, 0.3) is 5.91 Å². The largest absolute Gasteiger partial charge is 0.327 e. The van der Waals surface area contributed by atoms with Crippen LogP contribution >= 0.6 is 0 Å². The Bertz CT molecular complexity index is 800. The van der Waals surface area contributed by atoms with Gasteiger partial charge in [-0.25, -0.2) is 8.78 Å². The number of hydrogen-bond acceptors (Lipinski definition) is 3. The highest BCUT2D eigenvalue weighted by Crippen LogP contribution is 2.29. The molecule has 24 heavy (non-hydrogen) atoms. The van der Waals surface area contributed by atoms with Gasteiger partial charge in [0.2, 0.25) is 0 Å². The minimum Gasteiger partial charge on any atom is -0.327 e. The van der Waals surface area contributed by atoms with E-state index in [2.05, 4.69) is 10.2 Å². The molecule has 0 bridgehead atoms. The fourth-order valence-corrected chi connectivity index (χ4v) is 3.09. The molecule has 1 amide bonds. The summed E-state index contributed by atoms with van der Waals surface area (Å²) >= 11 is 0. The highest BCUT2D eigenvalue weighted by molar-refractivity contribution is 5.95. The zero-order chi connectivity index (χ0) is 17.6. The summed E-state index contributed by atoms with van der Waals surface area (Å²) in [6, 6.07) is 1.70. The summed E-state index contributed by atoms with van der Waals surface area (Å²) < 4.78 is 29.5. The number of aryl methyl sites for hydroxylation is 1. The third kappa shape index (κ3) is 2.57. The molecule has 3 rings (SSSR count). The van der Waals surface area contributed by atoms with Gasteiger partial charge in [-0.2, -0.15) is 0 Å². The number of hydrogen-bond donors (Lipinski definition) is 0. The van der Waals surface area contributed by atoms with Crippen LogP contribution in [0.15, 0.2) is 12.1 Å². The van der Waals surface area contributed by atoms with Crippen molar-refractivity contribution in [2.45, 2.75) is 46.2 Å². The van der Waals surface area contributed by atoms with Crippen molar-refractivity contribution in [3.05, 3.63) is 46.5 Å². The Hall–Kier alpha value is -2.31. The van der Waals surface area contributed by atoms with Crippen LogP contribution in [0, 0.1) is 18.6 Å². The zero-order valence-corrected chi connectivity index (χ0v) is 14.2. The second kappa shape index (κ2) is 5.96. The van der Waals surface area contributed by atoms with Crippen molar-refractivity contribution >= 4 is 5.91 Å². The van der Waals surface area contributed by atoms with Gasteiger partial charge in [-0.1, -0.05) is 13.8 Å². The molecule has 0 N–H and O–H groups in total. The smallest absolute Gasteiger partial charge is 0.257 e. The molecular formula is C17H20F2N4O. The highest BCUT2D eigenvalue weighted by atomic mass is 19.1. The molecule has 1 atom stereocenters. The molecule has 2 aromatic rings. The number of benzene rings is 1. The van der Waals surface area contributed by atoms with Crippen LogP contribution in [0.3, 0.4) is 0 Å². The van der Waals surface area contributed by atoms with Crippen molar-refractivity contribution in [1.82, 2.24) is 19.7 Å². The fourth-order valence-electron chi connectivity index (χ4n) is 3.09. The van der Waals surface area contributed by atoms with E-state index in [4.69, 9.17) is 0 Å². The third-order valence-corrected chi connectivity index (χ3v) is 4.47. The monoisotopic (exact) mass is 334 g/mol. The average Bonchev–Trinajstić information content (AvgIpc) is 2.96. The van der Waals surface area contributed by atoms with Crippen LogP contribution in [0.5, 0.6) is 0 Å². The molecule has 1 unspecified atom stereocenters. The van der Waals surface area contributed by atoms with Gasteiger partial charge in [0.05, 0.1) is 11.6 Å². The fraction of sp³-hybridized carbons (Fsp3) is 0.471. The number of fused-ring (bicyclic) bond motifs is 1. The molecule has 0 radical (unpaired) electrons. The normalized spacial score (nSPS) is 17.3. The number of rotatable bonds is 2. The predicted octanol–water partition coefficient (Wildman–Crippen LogP) is 3.21. The van der Waals surface area contributed by atoms with E-state index >= 15 is 0 Å². The van der Waals surface area contributed by atoms with E-state index < -0.39 is 17.5 Å². The minimum absolute atomic E-state index is 0.113. The molecule has 1 aliphatic heterocycles. The highest BCUT2D eigenvalue weighted by Gasteiger charge is 2.33. The van der Waals surface area contributed by atoms with Gasteiger partial charge in [-0.15, -0.1) is 10.2 Å². The summed E-state index contributed by atoms with van der Waals surface area (Å²) in [4.78, 5) is 14.3. The summed E-state index contributed by atoms with van der Waals surface area (Å²) in [5, 5.41) is 8.41. The van der Waals surface area contributed by atoms with E-state index in [0.717, 1.165) is 11.9 Å². The standard InChI is InChI=1S/C17H20F2N4O/c1-9(2)15-20-21-16-11(4)22(5-6-23(15)16)17(24)12-7-10(3)13(18)8-14(12)19/h7-9,11H,5-6H2,1-4H3. The van der Waals surface area contributed by atoms with E-state index in [-0.39, 0.29) is 23.1 Å². The van der Waals surface area contributed by atoms with Crippen LogP contribution in [0.4, 0.5) is 8.78 Å². The molecule has 1 aromatic carbocycles. The van der Waals surface area contributed by atoms with Crippen molar-refractivity contribution in [2.24, 2.45) is 0 Å². The van der Waals surface area contributed by atoms with E-state index in [0.29, 0.717) is 18.9 Å². The van der Waals surface area contributed by atoms with E-state index in [1.165, 1.54) is 13.0 Å². The second-order valence-corrected chi connectivity index (χ2v) is 6.48. The quantitative estimate of drug-likeness (QED) is 0.847. The van der Waals surface area contributed by atoms with E-state index in [1.54, 1.807) is 4.90 Å². The van der Waals surface area contributed by atoms with Crippen molar-refractivity contribution in [3.8, 4) is 0 Å². The molecule has 0 saturated carbocycles. The Morgan fingerprint density at radius 3 is 2.58 bits per heavy atom. The molecule has 1 aliphatic rings. The lowest BCUT2D eigenvalue weighted by Gasteiger charge is -2.34. The first-order chi connectivity index (χ1) is 11.3. The van der Waals surface area contributed by atoms with Crippen LogP contribution in [0.25, 0.3) is 0 Å². The molecule has 0 spiro atoms. The molecule has 2 heterocycles. The van der Waals surface area contributed by atoms with Crippen molar-refractivity contribution in [2.75, 3.05) is 6.54 Å². The van der Waals surface area contributed by atoms with E-state index in [1.807, 2.05) is 25.3 Å². The lowest BCUT2D eigenvalue weighted by Crippen LogP contribution is -2.42. The molecule has 0 fully saturated rings. The van der Waals surface area contributed by atoms with Crippen molar-refractivity contribution in [3.63, 3.8) is 0 Å². The van der Waals surface area contributed by atoms with E-state index in [9.17, 15) is 13.6 Å². The second-order valence-electron chi connectivity index (χ2n) is 6.48. The number of carbonyl (C=O) groups excluding carboxylic acids is 1. The number of carbonyl (C=O) groups is 1. The Balaban J connectivity index is 1.94. The van der Waals surface area contributed by atoms with Crippen LogP contribution in [-0.4, -0.2) is 32.1 Å². The maximum atomic E-state index is 14.0.